The molecule has 2 amide bonds. The number of carbonyl (C=O) groups is 1. The zero-order chi connectivity index (χ0) is 16.3. The average molecular weight is 305 g/mol. The van der Waals surface area contributed by atoms with Crippen molar-refractivity contribution >= 4 is 11.8 Å². The quantitative estimate of drug-likeness (QED) is 0.823. The second-order valence-corrected chi connectivity index (χ2v) is 6.43. The van der Waals surface area contributed by atoms with Crippen LogP contribution in [0.4, 0.5) is 10.6 Å². The summed E-state index contributed by atoms with van der Waals surface area (Å²) >= 11 is 0. The Hall–Kier alpha value is -2.80. The van der Waals surface area contributed by atoms with Crippen LogP contribution in [0.2, 0.25) is 0 Å². The first kappa shape index (κ1) is 15.1. The molecule has 0 spiro atoms. The van der Waals surface area contributed by atoms with E-state index in [-0.39, 0.29) is 11.4 Å². The molecule has 1 aromatic heterocycles. The van der Waals surface area contributed by atoms with E-state index in [4.69, 9.17) is 0 Å². The number of anilines is 1. The number of nitrogens with zero attached hydrogens (tertiary/aromatic N) is 2. The monoisotopic (exact) mass is 305 g/mol. The second kappa shape index (κ2) is 6.13. The Balaban J connectivity index is 1.77. The summed E-state index contributed by atoms with van der Waals surface area (Å²) in [6.45, 7) is 5.59. The van der Waals surface area contributed by atoms with Crippen LogP contribution >= 0.6 is 0 Å². The molecule has 1 N–H and O–H groups in total. The second-order valence-electron chi connectivity index (χ2n) is 6.43. The van der Waals surface area contributed by atoms with Crippen LogP contribution in [-0.4, -0.2) is 24.1 Å². The summed E-state index contributed by atoms with van der Waals surface area (Å²) in [4.78, 5) is 18.1. The predicted octanol–water partition coefficient (Wildman–Crippen LogP) is 3.04. The van der Waals surface area contributed by atoms with E-state index >= 15 is 0 Å². The lowest BCUT2D eigenvalue weighted by molar-refractivity contribution is 0.223. The lowest BCUT2D eigenvalue weighted by Crippen LogP contribution is -2.55. The molecule has 0 radical (unpaired) electrons. The molecule has 4 nitrogen and oxygen atoms in total. The number of aromatic nitrogens is 1. The number of amides is 2. The minimum absolute atomic E-state index is 0.0291. The van der Waals surface area contributed by atoms with Crippen molar-refractivity contribution in [2.45, 2.75) is 13.8 Å². The van der Waals surface area contributed by atoms with Crippen molar-refractivity contribution in [2.24, 2.45) is 5.41 Å². The van der Waals surface area contributed by atoms with Crippen molar-refractivity contribution in [3.05, 3.63) is 59.8 Å². The standard InChI is InChI=1S/C19H19N3O/c1-19(2)13-21-18(23)22(14-19)17-11-10-16(12-20-17)9-8-15-6-4-3-5-7-15/h3-7,10-12H,13-14H2,1-2H3,(H,21,23). The molecule has 1 aromatic carbocycles. The highest BCUT2D eigenvalue weighted by Gasteiger charge is 2.32. The normalized spacial score (nSPS) is 16.3. The van der Waals surface area contributed by atoms with Crippen LogP contribution in [-0.2, 0) is 0 Å². The van der Waals surface area contributed by atoms with Gasteiger partial charge in [-0.05, 0) is 24.3 Å². The van der Waals surface area contributed by atoms with Gasteiger partial charge >= 0.3 is 6.03 Å². The molecule has 23 heavy (non-hydrogen) atoms. The topological polar surface area (TPSA) is 45.2 Å². The molecule has 2 heterocycles. The number of hydrogen-bond donors (Lipinski definition) is 1. The SMILES string of the molecule is CC1(C)CNC(=O)N(c2ccc(C#Cc3ccccc3)cn2)C1. The summed E-state index contributed by atoms with van der Waals surface area (Å²) in [6, 6.07) is 13.5. The van der Waals surface area contributed by atoms with Crippen LogP contribution < -0.4 is 10.2 Å². The van der Waals surface area contributed by atoms with Gasteiger partial charge in [-0.15, -0.1) is 0 Å². The van der Waals surface area contributed by atoms with Crippen molar-refractivity contribution in [1.82, 2.24) is 10.3 Å². The summed E-state index contributed by atoms with van der Waals surface area (Å²) in [6.07, 6.45) is 1.71. The molecule has 4 heteroatoms. The van der Waals surface area contributed by atoms with Crippen molar-refractivity contribution in [2.75, 3.05) is 18.0 Å². The third-order valence-corrected chi connectivity index (χ3v) is 3.70. The van der Waals surface area contributed by atoms with Crippen LogP contribution in [0.3, 0.4) is 0 Å². The zero-order valence-corrected chi connectivity index (χ0v) is 13.3. The van der Waals surface area contributed by atoms with Crippen LogP contribution in [0, 0.1) is 17.3 Å². The fraction of sp³-hybridized carbons (Fsp3) is 0.263. The lowest BCUT2D eigenvalue weighted by atomic mass is 9.91. The van der Waals surface area contributed by atoms with E-state index in [0.29, 0.717) is 18.9 Å². The molecular formula is C19H19N3O. The number of carbonyl (C=O) groups excluding carboxylic acids is 1. The predicted molar refractivity (Wildman–Crippen MR) is 91.2 cm³/mol. The Kier molecular flexibility index (Phi) is 4.03. The highest BCUT2D eigenvalue weighted by atomic mass is 16.2. The summed E-state index contributed by atoms with van der Waals surface area (Å²) in [5, 5.41) is 2.90. The fourth-order valence-electron chi connectivity index (χ4n) is 2.44. The Morgan fingerprint density at radius 1 is 1.09 bits per heavy atom. The Labute approximate surface area is 136 Å². The van der Waals surface area contributed by atoms with Crippen LogP contribution in [0.5, 0.6) is 0 Å². The third-order valence-electron chi connectivity index (χ3n) is 3.70. The van der Waals surface area contributed by atoms with E-state index in [2.05, 4.69) is 36.0 Å². The molecule has 0 aliphatic carbocycles. The molecule has 1 aliphatic heterocycles. The van der Waals surface area contributed by atoms with Crippen molar-refractivity contribution in [1.29, 1.82) is 0 Å². The molecule has 2 aromatic rings. The molecule has 0 unspecified atom stereocenters. The maximum atomic E-state index is 12.0. The molecule has 1 fully saturated rings. The highest BCUT2D eigenvalue weighted by Crippen LogP contribution is 2.23. The van der Waals surface area contributed by atoms with E-state index in [9.17, 15) is 4.79 Å². The van der Waals surface area contributed by atoms with Crippen molar-refractivity contribution in [3.63, 3.8) is 0 Å². The summed E-state index contributed by atoms with van der Waals surface area (Å²) in [5.41, 5.74) is 1.82. The van der Waals surface area contributed by atoms with E-state index in [1.54, 1.807) is 11.1 Å². The summed E-state index contributed by atoms with van der Waals surface area (Å²) in [7, 11) is 0. The zero-order valence-electron chi connectivity index (χ0n) is 13.3. The first-order valence-corrected chi connectivity index (χ1v) is 7.62. The van der Waals surface area contributed by atoms with E-state index < -0.39 is 0 Å². The van der Waals surface area contributed by atoms with E-state index in [1.807, 2.05) is 42.5 Å². The average Bonchev–Trinajstić information content (AvgIpc) is 2.57. The number of rotatable bonds is 1. The Morgan fingerprint density at radius 3 is 2.52 bits per heavy atom. The van der Waals surface area contributed by atoms with Gasteiger partial charge in [0.25, 0.3) is 0 Å². The van der Waals surface area contributed by atoms with Gasteiger partial charge in [0, 0.05) is 35.8 Å². The van der Waals surface area contributed by atoms with Gasteiger partial charge in [-0.2, -0.15) is 0 Å². The third kappa shape index (κ3) is 3.70. The first-order chi connectivity index (χ1) is 11.0. The molecule has 116 valence electrons. The summed E-state index contributed by atoms with van der Waals surface area (Å²) in [5.74, 6) is 6.84. The van der Waals surface area contributed by atoms with Crippen LogP contribution in [0.25, 0.3) is 0 Å². The smallest absolute Gasteiger partial charge is 0.323 e. The van der Waals surface area contributed by atoms with Gasteiger partial charge in [0.1, 0.15) is 5.82 Å². The Bertz CT molecular complexity index is 755. The molecule has 0 bridgehead atoms. The molecular weight excluding hydrogens is 286 g/mol. The van der Waals surface area contributed by atoms with Crippen molar-refractivity contribution < 1.29 is 4.79 Å². The first-order valence-electron chi connectivity index (χ1n) is 7.62. The Morgan fingerprint density at radius 2 is 1.83 bits per heavy atom. The van der Waals surface area contributed by atoms with E-state index in [1.165, 1.54) is 0 Å². The largest absolute Gasteiger partial charge is 0.337 e. The van der Waals surface area contributed by atoms with Crippen LogP contribution in [0.15, 0.2) is 48.7 Å². The number of pyridine rings is 1. The molecule has 0 atom stereocenters. The fourth-order valence-corrected chi connectivity index (χ4v) is 2.44. The maximum absolute atomic E-state index is 12.0. The van der Waals surface area contributed by atoms with Gasteiger partial charge in [-0.25, -0.2) is 9.78 Å². The lowest BCUT2D eigenvalue weighted by Gasteiger charge is -2.37. The molecule has 3 rings (SSSR count). The van der Waals surface area contributed by atoms with Gasteiger partial charge in [0.2, 0.25) is 0 Å². The van der Waals surface area contributed by atoms with Gasteiger partial charge < -0.3 is 5.32 Å². The number of benzene rings is 1. The number of hydrogen-bond acceptors (Lipinski definition) is 2. The summed E-state index contributed by atoms with van der Waals surface area (Å²) < 4.78 is 0. The molecule has 1 saturated heterocycles. The van der Waals surface area contributed by atoms with Gasteiger partial charge in [0.05, 0.1) is 0 Å². The van der Waals surface area contributed by atoms with Gasteiger partial charge in [0.15, 0.2) is 0 Å². The van der Waals surface area contributed by atoms with Crippen molar-refractivity contribution in [3.8, 4) is 11.8 Å². The van der Waals surface area contributed by atoms with Gasteiger partial charge in [-0.1, -0.05) is 43.9 Å². The number of nitrogens with one attached hydrogen (secondary N) is 1. The maximum Gasteiger partial charge on any atom is 0.323 e. The minimum Gasteiger partial charge on any atom is -0.337 e. The van der Waals surface area contributed by atoms with Crippen LogP contribution in [0.1, 0.15) is 25.0 Å². The number of urea groups is 1. The molecule has 1 aliphatic rings. The van der Waals surface area contributed by atoms with E-state index in [0.717, 1.165) is 11.1 Å². The highest BCUT2D eigenvalue weighted by molar-refractivity contribution is 5.91. The van der Waals surface area contributed by atoms with Gasteiger partial charge in [-0.3, -0.25) is 4.90 Å². The minimum atomic E-state index is -0.0973. The molecule has 0 saturated carbocycles.